The summed E-state index contributed by atoms with van der Waals surface area (Å²) in [6, 6.07) is 0. The van der Waals surface area contributed by atoms with Gasteiger partial charge in [0.1, 0.15) is 0 Å². The van der Waals surface area contributed by atoms with Crippen LogP contribution in [0.3, 0.4) is 0 Å². The summed E-state index contributed by atoms with van der Waals surface area (Å²) in [7, 11) is 0. The van der Waals surface area contributed by atoms with Crippen LogP contribution in [-0.2, 0) is 9.47 Å². The van der Waals surface area contributed by atoms with Crippen molar-refractivity contribution in [3.63, 3.8) is 0 Å². The standard InChI is InChI=1S/C23H36O3/c1-13-6-7-15-18-16(9-11-22(13,15)4)23(5)10-8-14(24)12-17(23)19-20(18)26-21(2,3)25-19/h6,14-20,24H,7-12H2,1-5H3/t14-,15?,16?,17?,18?,19-,20-,22-,23-/m1/s1. The molecule has 1 saturated heterocycles. The van der Waals surface area contributed by atoms with E-state index < -0.39 is 5.79 Å². The number of hydrogen-bond donors (Lipinski definition) is 1. The summed E-state index contributed by atoms with van der Waals surface area (Å²) in [4.78, 5) is 0. The van der Waals surface area contributed by atoms with Gasteiger partial charge in [-0.3, -0.25) is 0 Å². The first-order valence-corrected chi connectivity index (χ1v) is 10.9. The van der Waals surface area contributed by atoms with Crippen LogP contribution in [0.4, 0.5) is 0 Å². The molecule has 1 N–H and O–H groups in total. The van der Waals surface area contributed by atoms with Crippen LogP contribution in [0.15, 0.2) is 11.6 Å². The predicted octanol–water partition coefficient (Wildman–Crippen LogP) is 4.69. The lowest BCUT2D eigenvalue weighted by Crippen LogP contribution is -2.63. The minimum Gasteiger partial charge on any atom is -0.393 e. The van der Waals surface area contributed by atoms with Gasteiger partial charge in [-0.15, -0.1) is 0 Å². The molecule has 0 radical (unpaired) electrons. The predicted molar refractivity (Wildman–Crippen MR) is 101 cm³/mol. The smallest absolute Gasteiger partial charge is 0.163 e. The SMILES string of the molecule is CC1=CCC2C3C(CC[C@]12C)[C@@]1(C)CC[C@@H](O)CC1[C@H]1OC(C)(C)O[C@H]31. The van der Waals surface area contributed by atoms with Gasteiger partial charge in [-0.05, 0) is 93.8 Å². The van der Waals surface area contributed by atoms with E-state index in [-0.39, 0.29) is 23.7 Å². The third-order valence-corrected chi connectivity index (χ3v) is 9.48. The molecular formula is C23H36O3. The van der Waals surface area contributed by atoms with Crippen LogP contribution >= 0.6 is 0 Å². The van der Waals surface area contributed by atoms with Gasteiger partial charge in [0.05, 0.1) is 18.3 Å². The first-order chi connectivity index (χ1) is 12.2. The second kappa shape index (κ2) is 5.36. The molecule has 0 aromatic heterocycles. The highest BCUT2D eigenvalue weighted by atomic mass is 16.8. The first-order valence-electron chi connectivity index (χ1n) is 10.9. The molecule has 3 nitrogen and oxygen atoms in total. The fourth-order valence-electron chi connectivity index (χ4n) is 7.95. The summed E-state index contributed by atoms with van der Waals surface area (Å²) < 4.78 is 13.2. The van der Waals surface area contributed by atoms with Gasteiger partial charge in [-0.1, -0.05) is 25.5 Å². The maximum Gasteiger partial charge on any atom is 0.163 e. The normalized spacial score (nSPS) is 57.6. The Morgan fingerprint density at radius 2 is 1.69 bits per heavy atom. The molecule has 26 heavy (non-hydrogen) atoms. The van der Waals surface area contributed by atoms with Crippen LogP contribution in [0.1, 0.15) is 73.1 Å². The molecule has 0 aromatic rings. The van der Waals surface area contributed by atoms with Gasteiger partial charge in [0.25, 0.3) is 0 Å². The minimum atomic E-state index is -0.498. The molecule has 5 aliphatic rings. The molecule has 5 rings (SSSR count). The molecule has 1 aliphatic heterocycles. The molecule has 0 amide bonds. The van der Waals surface area contributed by atoms with E-state index in [4.69, 9.17) is 9.47 Å². The maximum atomic E-state index is 10.4. The molecule has 4 unspecified atom stereocenters. The van der Waals surface area contributed by atoms with Crippen molar-refractivity contribution in [2.75, 3.05) is 0 Å². The van der Waals surface area contributed by atoms with Crippen LogP contribution < -0.4 is 0 Å². The second-order valence-electron chi connectivity index (χ2n) is 11.0. The highest BCUT2D eigenvalue weighted by Crippen LogP contribution is 2.68. The van der Waals surface area contributed by atoms with Gasteiger partial charge in [0.2, 0.25) is 0 Å². The molecule has 0 aromatic carbocycles. The lowest BCUT2D eigenvalue weighted by Gasteiger charge is -2.63. The van der Waals surface area contributed by atoms with Crippen LogP contribution in [0.2, 0.25) is 0 Å². The Bertz CT molecular complexity index is 639. The molecule has 3 saturated carbocycles. The lowest BCUT2D eigenvalue weighted by molar-refractivity contribution is -0.183. The van der Waals surface area contributed by atoms with Gasteiger partial charge < -0.3 is 14.6 Å². The second-order valence-corrected chi connectivity index (χ2v) is 11.0. The monoisotopic (exact) mass is 360 g/mol. The topological polar surface area (TPSA) is 38.7 Å². The highest BCUT2D eigenvalue weighted by Gasteiger charge is 2.67. The zero-order valence-electron chi connectivity index (χ0n) is 17.1. The fourth-order valence-corrected chi connectivity index (χ4v) is 7.95. The molecule has 9 atom stereocenters. The molecule has 146 valence electrons. The summed E-state index contributed by atoms with van der Waals surface area (Å²) in [5.74, 6) is 1.92. The van der Waals surface area contributed by atoms with Crippen LogP contribution in [0.25, 0.3) is 0 Å². The number of aliphatic hydroxyl groups excluding tert-OH is 1. The van der Waals surface area contributed by atoms with E-state index in [0.29, 0.717) is 29.1 Å². The Morgan fingerprint density at radius 3 is 2.46 bits per heavy atom. The Labute approximate surface area is 158 Å². The van der Waals surface area contributed by atoms with Crippen molar-refractivity contribution >= 4 is 0 Å². The summed E-state index contributed by atoms with van der Waals surface area (Å²) in [5, 5.41) is 10.4. The summed E-state index contributed by atoms with van der Waals surface area (Å²) in [5.41, 5.74) is 2.23. The van der Waals surface area contributed by atoms with E-state index in [1.807, 2.05) is 0 Å². The Hall–Kier alpha value is -0.380. The van der Waals surface area contributed by atoms with E-state index in [1.54, 1.807) is 5.57 Å². The molecule has 4 aliphatic carbocycles. The van der Waals surface area contributed by atoms with E-state index in [0.717, 1.165) is 19.3 Å². The molecule has 3 heteroatoms. The molecule has 1 heterocycles. The average molecular weight is 361 g/mol. The minimum absolute atomic E-state index is 0.148. The van der Waals surface area contributed by atoms with Crippen LogP contribution in [0, 0.1) is 34.5 Å². The van der Waals surface area contributed by atoms with Crippen molar-refractivity contribution < 1.29 is 14.6 Å². The number of fused-ring (bicyclic) bond motifs is 8. The van der Waals surface area contributed by atoms with E-state index in [1.165, 1.54) is 19.3 Å². The zero-order valence-corrected chi connectivity index (χ0v) is 17.1. The molecule has 0 bridgehead atoms. The lowest BCUT2D eigenvalue weighted by atomic mass is 9.43. The van der Waals surface area contributed by atoms with Crippen molar-refractivity contribution in [1.29, 1.82) is 0 Å². The van der Waals surface area contributed by atoms with Gasteiger partial charge in [-0.25, -0.2) is 0 Å². The molecular weight excluding hydrogens is 324 g/mol. The average Bonchev–Trinajstić information content (AvgIpc) is 3.05. The van der Waals surface area contributed by atoms with Crippen molar-refractivity contribution in [2.24, 2.45) is 34.5 Å². The Kier molecular flexibility index (Phi) is 3.65. The van der Waals surface area contributed by atoms with E-state index in [2.05, 4.69) is 40.7 Å². The fraction of sp³-hybridized carbons (Fsp3) is 0.913. The number of allylic oxidation sites excluding steroid dienone is 2. The third kappa shape index (κ3) is 2.17. The summed E-state index contributed by atoms with van der Waals surface area (Å²) >= 11 is 0. The van der Waals surface area contributed by atoms with Crippen molar-refractivity contribution in [3.8, 4) is 0 Å². The largest absolute Gasteiger partial charge is 0.393 e. The van der Waals surface area contributed by atoms with E-state index in [9.17, 15) is 5.11 Å². The Balaban J connectivity index is 1.59. The van der Waals surface area contributed by atoms with Crippen molar-refractivity contribution in [3.05, 3.63) is 11.6 Å². The van der Waals surface area contributed by atoms with Crippen LogP contribution in [-0.4, -0.2) is 29.2 Å². The zero-order chi connectivity index (χ0) is 18.5. The number of aliphatic hydroxyl groups is 1. The first kappa shape index (κ1) is 17.7. The number of rotatable bonds is 0. The molecule has 0 spiro atoms. The quantitative estimate of drug-likeness (QED) is 0.637. The van der Waals surface area contributed by atoms with Gasteiger partial charge in [-0.2, -0.15) is 0 Å². The van der Waals surface area contributed by atoms with Gasteiger partial charge in [0, 0.05) is 0 Å². The van der Waals surface area contributed by atoms with Gasteiger partial charge >= 0.3 is 0 Å². The van der Waals surface area contributed by atoms with Gasteiger partial charge in [0.15, 0.2) is 5.79 Å². The maximum absolute atomic E-state index is 10.4. The highest BCUT2D eigenvalue weighted by molar-refractivity contribution is 5.25. The van der Waals surface area contributed by atoms with Crippen molar-refractivity contribution in [2.45, 2.75) is 97.2 Å². The Morgan fingerprint density at radius 1 is 0.962 bits per heavy atom. The van der Waals surface area contributed by atoms with Crippen LogP contribution in [0.5, 0.6) is 0 Å². The summed E-state index contributed by atoms with van der Waals surface area (Å²) in [6.07, 6.45) is 9.49. The third-order valence-electron chi connectivity index (χ3n) is 9.48. The van der Waals surface area contributed by atoms with Crippen molar-refractivity contribution in [1.82, 2.24) is 0 Å². The number of hydrogen-bond acceptors (Lipinski definition) is 3. The number of ether oxygens (including phenoxy) is 2. The molecule has 4 fully saturated rings. The summed E-state index contributed by atoms with van der Waals surface area (Å²) in [6.45, 7) is 11.5. The van der Waals surface area contributed by atoms with E-state index >= 15 is 0 Å².